The second-order valence-corrected chi connectivity index (χ2v) is 5.81. The Labute approximate surface area is 116 Å². The molecule has 0 aromatic carbocycles. The van der Waals surface area contributed by atoms with Crippen molar-refractivity contribution in [1.29, 1.82) is 0 Å². The van der Waals surface area contributed by atoms with Crippen LogP contribution in [0.3, 0.4) is 0 Å². The SMILES string of the molecule is CC(C)=CCN1CCCC[C@H]1Cn1nc(C)nc1C. The van der Waals surface area contributed by atoms with Crippen molar-refractivity contribution in [2.24, 2.45) is 0 Å². The fourth-order valence-corrected chi connectivity index (χ4v) is 2.74. The minimum absolute atomic E-state index is 0.601. The zero-order valence-corrected chi connectivity index (χ0v) is 12.7. The molecule has 0 bridgehead atoms. The summed E-state index contributed by atoms with van der Waals surface area (Å²) in [4.78, 5) is 6.99. The summed E-state index contributed by atoms with van der Waals surface area (Å²) in [6.45, 7) is 11.6. The molecule has 1 aliphatic rings. The summed E-state index contributed by atoms with van der Waals surface area (Å²) in [7, 11) is 0. The van der Waals surface area contributed by atoms with E-state index in [1.165, 1.54) is 31.4 Å². The fourth-order valence-electron chi connectivity index (χ4n) is 2.74. The van der Waals surface area contributed by atoms with Gasteiger partial charge in [-0.05, 0) is 47.1 Å². The molecule has 1 saturated heterocycles. The van der Waals surface area contributed by atoms with Crippen LogP contribution in [0.1, 0.15) is 44.8 Å². The largest absolute Gasteiger partial charge is 0.295 e. The Morgan fingerprint density at radius 3 is 2.74 bits per heavy atom. The Kier molecular flexibility index (Phi) is 4.75. The molecule has 0 spiro atoms. The van der Waals surface area contributed by atoms with Crippen molar-refractivity contribution < 1.29 is 0 Å². The molecular weight excluding hydrogens is 236 g/mol. The van der Waals surface area contributed by atoms with Crippen molar-refractivity contribution in [2.75, 3.05) is 13.1 Å². The predicted octanol–water partition coefficient (Wildman–Crippen LogP) is 2.72. The number of hydrogen-bond donors (Lipinski definition) is 0. The Balaban J connectivity index is 2.03. The van der Waals surface area contributed by atoms with E-state index in [0.29, 0.717) is 6.04 Å². The van der Waals surface area contributed by atoms with Crippen LogP contribution in [-0.4, -0.2) is 38.8 Å². The molecule has 0 radical (unpaired) electrons. The number of aryl methyl sites for hydroxylation is 2. The summed E-state index contributed by atoms with van der Waals surface area (Å²) in [6, 6.07) is 0.601. The number of piperidine rings is 1. The van der Waals surface area contributed by atoms with Gasteiger partial charge >= 0.3 is 0 Å². The maximum absolute atomic E-state index is 4.50. The van der Waals surface area contributed by atoms with E-state index in [1.54, 1.807) is 0 Å². The van der Waals surface area contributed by atoms with Crippen LogP contribution in [0.15, 0.2) is 11.6 Å². The lowest BCUT2D eigenvalue weighted by atomic mass is 10.0. The molecule has 19 heavy (non-hydrogen) atoms. The van der Waals surface area contributed by atoms with Crippen molar-refractivity contribution in [3.8, 4) is 0 Å². The molecule has 0 aliphatic carbocycles. The lowest BCUT2D eigenvalue weighted by Crippen LogP contribution is -2.42. The van der Waals surface area contributed by atoms with Gasteiger partial charge in [-0.25, -0.2) is 9.67 Å². The molecular formula is C15H26N4. The number of allylic oxidation sites excluding steroid dienone is 1. The molecule has 106 valence electrons. The molecule has 0 unspecified atom stereocenters. The highest BCUT2D eigenvalue weighted by Crippen LogP contribution is 2.19. The van der Waals surface area contributed by atoms with E-state index < -0.39 is 0 Å². The molecule has 1 atom stereocenters. The van der Waals surface area contributed by atoms with Gasteiger partial charge in [0.15, 0.2) is 0 Å². The maximum Gasteiger partial charge on any atom is 0.147 e. The van der Waals surface area contributed by atoms with Crippen LogP contribution in [0.5, 0.6) is 0 Å². The smallest absolute Gasteiger partial charge is 0.147 e. The quantitative estimate of drug-likeness (QED) is 0.782. The zero-order valence-electron chi connectivity index (χ0n) is 12.7. The molecule has 0 N–H and O–H groups in total. The number of aromatic nitrogens is 3. The summed E-state index contributed by atoms with van der Waals surface area (Å²) in [5.41, 5.74) is 1.40. The molecule has 0 saturated carbocycles. The third-order valence-electron chi connectivity index (χ3n) is 3.83. The van der Waals surface area contributed by atoms with Crippen molar-refractivity contribution in [2.45, 2.75) is 59.5 Å². The highest BCUT2D eigenvalue weighted by Gasteiger charge is 2.22. The normalized spacial score (nSPS) is 20.5. The fraction of sp³-hybridized carbons (Fsp3) is 0.733. The van der Waals surface area contributed by atoms with Crippen LogP contribution in [0.4, 0.5) is 0 Å². The average Bonchev–Trinajstić information content (AvgIpc) is 2.67. The minimum Gasteiger partial charge on any atom is -0.295 e. The van der Waals surface area contributed by atoms with Gasteiger partial charge in [0.25, 0.3) is 0 Å². The van der Waals surface area contributed by atoms with Crippen molar-refractivity contribution in [1.82, 2.24) is 19.7 Å². The Morgan fingerprint density at radius 1 is 1.32 bits per heavy atom. The molecule has 1 fully saturated rings. The first kappa shape index (κ1) is 14.3. The standard InChI is InChI=1S/C15H26N4/c1-12(2)8-10-18-9-6-5-7-15(18)11-19-14(4)16-13(3)17-19/h8,15H,5-7,9-11H2,1-4H3/t15-/m0/s1. The van der Waals surface area contributed by atoms with Crippen molar-refractivity contribution in [3.63, 3.8) is 0 Å². The van der Waals surface area contributed by atoms with Gasteiger partial charge in [0.2, 0.25) is 0 Å². The molecule has 4 heteroatoms. The summed E-state index contributed by atoms with van der Waals surface area (Å²) >= 11 is 0. The second kappa shape index (κ2) is 6.33. The number of nitrogens with zero attached hydrogens (tertiary/aromatic N) is 4. The van der Waals surface area contributed by atoms with E-state index in [9.17, 15) is 0 Å². The number of likely N-dealkylation sites (tertiary alicyclic amines) is 1. The Morgan fingerprint density at radius 2 is 2.11 bits per heavy atom. The van der Waals surface area contributed by atoms with Crippen LogP contribution in [0, 0.1) is 13.8 Å². The van der Waals surface area contributed by atoms with Crippen LogP contribution < -0.4 is 0 Å². The second-order valence-electron chi connectivity index (χ2n) is 5.81. The molecule has 2 rings (SSSR count). The monoisotopic (exact) mass is 262 g/mol. The van der Waals surface area contributed by atoms with Gasteiger partial charge in [-0.2, -0.15) is 5.10 Å². The van der Waals surface area contributed by atoms with Crippen molar-refractivity contribution in [3.05, 3.63) is 23.3 Å². The van der Waals surface area contributed by atoms with E-state index in [-0.39, 0.29) is 0 Å². The predicted molar refractivity (Wildman–Crippen MR) is 78.1 cm³/mol. The van der Waals surface area contributed by atoms with E-state index in [1.807, 2.05) is 13.8 Å². The number of rotatable bonds is 4. The average molecular weight is 262 g/mol. The summed E-state index contributed by atoms with van der Waals surface area (Å²) in [5, 5.41) is 4.50. The highest BCUT2D eigenvalue weighted by molar-refractivity contribution is 4.97. The first-order valence-electron chi connectivity index (χ1n) is 7.31. The topological polar surface area (TPSA) is 34.0 Å². The molecule has 0 amide bonds. The van der Waals surface area contributed by atoms with Gasteiger partial charge in [-0.15, -0.1) is 0 Å². The molecule has 4 nitrogen and oxygen atoms in total. The highest BCUT2D eigenvalue weighted by atomic mass is 15.4. The summed E-state index contributed by atoms with van der Waals surface area (Å²) in [6.07, 6.45) is 6.26. The van der Waals surface area contributed by atoms with Crippen LogP contribution in [-0.2, 0) is 6.54 Å². The lowest BCUT2D eigenvalue weighted by Gasteiger charge is -2.35. The first-order chi connectivity index (χ1) is 9.06. The van der Waals surface area contributed by atoms with Gasteiger partial charge in [-0.1, -0.05) is 18.1 Å². The van der Waals surface area contributed by atoms with E-state index >= 15 is 0 Å². The van der Waals surface area contributed by atoms with E-state index in [2.05, 4.69) is 39.6 Å². The third-order valence-corrected chi connectivity index (χ3v) is 3.83. The van der Waals surface area contributed by atoms with Gasteiger partial charge in [0, 0.05) is 12.6 Å². The van der Waals surface area contributed by atoms with Crippen molar-refractivity contribution >= 4 is 0 Å². The summed E-state index contributed by atoms with van der Waals surface area (Å²) < 4.78 is 2.07. The van der Waals surface area contributed by atoms with E-state index in [4.69, 9.17) is 0 Å². The third kappa shape index (κ3) is 3.90. The minimum atomic E-state index is 0.601. The molecule has 1 aromatic rings. The van der Waals surface area contributed by atoms with Gasteiger partial charge in [-0.3, -0.25) is 4.90 Å². The maximum atomic E-state index is 4.50. The van der Waals surface area contributed by atoms with Gasteiger partial charge in [0.05, 0.1) is 6.54 Å². The summed E-state index contributed by atoms with van der Waals surface area (Å²) in [5.74, 6) is 1.91. The zero-order chi connectivity index (χ0) is 13.8. The van der Waals surface area contributed by atoms with Gasteiger partial charge < -0.3 is 0 Å². The van der Waals surface area contributed by atoms with Crippen LogP contribution >= 0.6 is 0 Å². The molecule has 1 aromatic heterocycles. The van der Waals surface area contributed by atoms with E-state index in [0.717, 1.165) is 24.7 Å². The van der Waals surface area contributed by atoms with Crippen LogP contribution in [0.25, 0.3) is 0 Å². The number of hydrogen-bond acceptors (Lipinski definition) is 3. The Hall–Kier alpha value is -1.16. The first-order valence-corrected chi connectivity index (χ1v) is 7.31. The molecule has 1 aliphatic heterocycles. The Bertz CT molecular complexity index is 443. The van der Waals surface area contributed by atoms with Crippen LogP contribution in [0.2, 0.25) is 0 Å². The van der Waals surface area contributed by atoms with Gasteiger partial charge in [0.1, 0.15) is 11.6 Å². The molecule has 2 heterocycles. The lowest BCUT2D eigenvalue weighted by molar-refractivity contribution is 0.143.